The number of halogens is 3. The van der Waals surface area contributed by atoms with Crippen molar-refractivity contribution in [3.63, 3.8) is 0 Å². The number of thiophene rings is 1. The topological polar surface area (TPSA) is 49.3 Å². The Morgan fingerprint density at radius 2 is 1.95 bits per heavy atom. The SMILES string of the molecule is O=C(NC[C@@H](O)c1cccs1)c1cc(F)c(F)c(F)c1. The van der Waals surface area contributed by atoms with Crippen LogP contribution in [0.25, 0.3) is 0 Å². The molecule has 0 fully saturated rings. The van der Waals surface area contributed by atoms with E-state index >= 15 is 0 Å². The van der Waals surface area contributed by atoms with Crippen molar-refractivity contribution in [3.05, 3.63) is 57.5 Å². The number of carbonyl (C=O) groups excluding carboxylic acids is 1. The molecule has 2 aromatic rings. The van der Waals surface area contributed by atoms with Gasteiger partial charge in [0.25, 0.3) is 5.91 Å². The van der Waals surface area contributed by atoms with E-state index in [-0.39, 0.29) is 12.1 Å². The van der Waals surface area contributed by atoms with E-state index in [9.17, 15) is 23.1 Å². The summed E-state index contributed by atoms with van der Waals surface area (Å²) in [6.07, 6.45) is -0.908. The summed E-state index contributed by atoms with van der Waals surface area (Å²) in [4.78, 5) is 12.3. The number of hydrogen-bond acceptors (Lipinski definition) is 3. The van der Waals surface area contributed by atoms with E-state index < -0.39 is 29.5 Å². The minimum atomic E-state index is -1.62. The van der Waals surface area contributed by atoms with Crippen LogP contribution in [0, 0.1) is 17.5 Å². The van der Waals surface area contributed by atoms with Gasteiger partial charge in [0.05, 0.1) is 0 Å². The van der Waals surface area contributed by atoms with Crippen LogP contribution in [0.5, 0.6) is 0 Å². The fourth-order valence-electron chi connectivity index (χ4n) is 1.56. The zero-order chi connectivity index (χ0) is 14.7. The smallest absolute Gasteiger partial charge is 0.251 e. The zero-order valence-electron chi connectivity index (χ0n) is 10.1. The lowest BCUT2D eigenvalue weighted by Crippen LogP contribution is -2.28. The molecule has 0 bridgehead atoms. The fraction of sp³-hybridized carbons (Fsp3) is 0.154. The first-order valence-corrected chi connectivity index (χ1v) is 6.51. The third-order valence-corrected chi connectivity index (χ3v) is 3.55. The highest BCUT2D eigenvalue weighted by Crippen LogP contribution is 2.18. The maximum absolute atomic E-state index is 13.0. The second-order valence-corrected chi connectivity index (χ2v) is 4.97. The van der Waals surface area contributed by atoms with Gasteiger partial charge in [-0.1, -0.05) is 6.07 Å². The molecule has 0 saturated carbocycles. The molecule has 1 atom stereocenters. The number of hydrogen-bond donors (Lipinski definition) is 2. The summed E-state index contributed by atoms with van der Waals surface area (Å²) in [5, 5.41) is 13.8. The highest BCUT2D eigenvalue weighted by molar-refractivity contribution is 7.10. The van der Waals surface area contributed by atoms with Crippen LogP contribution in [-0.4, -0.2) is 17.6 Å². The molecular weight excluding hydrogens is 291 g/mol. The summed E-state index contributed by atoms with van der Waals surface area (Å²) in [7, 11) is 0. The van der Waals surface area contributed by atoms with Crippen LogP contribution in [0.2, 0.25) is 0 Å². The van der Waals surface area contributed by atoms with Crippen molar-refractivity contribution < 1.29 is 23.1 Å². The molecule has 0 spiro atoms. The molecule has 1 amide bonds. The van der Waals surface area contributed by atoms with Crippen molar-refractivity contribution in [2.45, 2.75) is 6.10 Å². The summed E-state index contributed by atoms with van der Waals surface area (Å²) in [6.45, 7) is -0.111. The first-order chi connectivity index (χ1) is 9.49. The molecule has 0 aliphatic carbocycles. The maximum Gasteiger partial charge on any atom is 0.251 e. The molecule has 3 nitrogen and oxygen atoms in total. The molecule has 0 unspecified atom stereocenters. The summed E-state index contributed by atoms with van der Waals surface area (Å²) < 4.78 is 38.7. The summed E-state index contributed by atoms with van der Waals surface area (Å²) in [5.74, 6) is -5.29. The highest BCUT2D eigenvalue weighted by Gasteiger charge is 2.16. The van der Waals surface area contributed by atoms with Crippen molar-refractivity contribution >= 4 is 17.2 Å². The number of benzene rings is 1. The number of aliphatic hydroxyl groups is 1. The molecule has 106 valence electrons. The summed E-state index contributed by atoms with van der Waals surface area (Å²) in [6, 6.07) is 4.64. The lowest BCUT2D eigenvalue weighted by atomic mass is 10.2. The van der Waals surface area contributed by atoms with E-state index in [1.54, 1.807) is 17.5 Å². The van der Waals surface area contributed by atoms with Crippen molar-refractivity contribution in [2.75, 3.05) is 6.54 Å². The van der Waals surface area contributed by atoms with E-state index in [4.69, 9.17) is 0 Å². The molecule has 0 saturated heterocycles. The molecular formula is C13H10F3NO2S. The third-order valence-electron chi connectivity index (χ3n) is 2.57. The van der Waals surface area contributed by atoms with Gasteiger partial charge in [0.1, 0.15) is 6.10 Å². The molecule has 2 N–H and O–H groups in total. The molecule has 7 heteroatoms. The highest BCUT2D eigenvalue weighted by atomic mass is 32.1. The fourth-order valence-corrected chi connectivity index (χ4v) is 2.27. The van der Waals surface area contributed by atoms with Gasteiger partial charge in [-0.3, -0.25) is 4.79 Å². The van der Waals surface area contributed by atoms with Gasteiger partial charge in [0.2, 0.25) is 0 Å². The Hall–Kier alpha value is -1.86. The summed E-state index contributed by atoms with van der Waals surface area (Å²) in [5.41, 5.74) is -0.347. The van der Waals surface area contributed by atoms with Gasteiger partial charge in [-0.05, 0) is 23.6 Å². The molecule has 0 aliphatic rings. The van der Waals surface area contributed by atoms with Gasteiger partial charge in [-0.2, -0.15) is 0 Å². The minimum Gasteiger partial charge on any atom is -0.386 e. The van der Waals surface area contributed by atoms with Gasteiger partial charge in [0, 0.05) is 17.0 Å². The predicted molar refractivity (Wildman–Crippen MR) is 67.9 cm³/mol. The van der Waals surface area contributed by atoms with Gasteiger partial charge in [-0.15, -0.1) is 11.3 Å². The van der Waals surface area contributed by atoms with Gasteiger partial charge < -0.3 is 10.4 Å². The van der Waals surface area contributed by atoms with Crippen LogP contribution in [-0.2, 0) is 0 Å². The third kappa shape index (κ3) is 3.17. The Kier molecular flexibility index (Phi) is 4.41. The lowest BCUT2D eigenvalue weighted by molar-refractivity contribution is 0.0917. The molecule has 1 aromatic heterocycles. The van der Waals surface area contributed by atoms with E-state index in [1.807, 2.05) is 0 Å². The van der Waals surface area contributed by atoms with Crippen LogP contribution in [0.15, 0.2) is 29.6 Å². The van der Waals surface area contributed by atoms with Crippen molar-refractivity contribution in [3.8, 4) is 0 Å². The second kappa shape index (κ2) is 6.06. The Morgan fingerprint density at radius 1 is 1.30 bits per heavy atom. The van der Waals surface area contributed by atoms with Gasteiger partial charge >= 0.3 is 0 Å². The van der Waals surface area contributed by atoms with E-state index in [0.717, 1.165) is 0 Å². The molecule has 1 heterocycles. The number of rotatable bonds is 4. The van der Waals surface area contributed by atoms with Crippen LogP contribution in [0.4, 0.5) is 13.2 Å². The van der Waals surface area contributed by atoms with Gasteiger partial charge in [-0.25, -0.2) is 13.2 Å². The van der Waals surface area contributed by atoms with E-state index in [1.165, 1.54) is 11.3 Å². The number of amides is 1. The first kappa shape index (κ1) is 14.5. The van der Waals surface area contributed by atoms with E-state index in [0.29, 0.717) is 17.0 Å². The average molecular weight is 301 g/mol. The van der Waals surface area contributed by atoms with Gasteiger partial charge in [0.15, 0.2) is 17.5 Å². The predicted octanol–water partition coefficient (Wildman–Crippen LogP) is 2.63. The van der Waals surface area contributed by atoms with Crippen molar-refractivity contribution in [1.82, 2.24) is 5.32 Å². The molecule has 20 heavy (non-hydrogen) atoms. The number of aliphatic hydroxyl groups excluding tert-OH is 1. The number of nitrogens with one attached hydrogen (secondary N) is 1. The molecule has 0 radical (unpaired) electrons. The Bertz CT molecular complexity index is 593. The Balaban J connectivity index is 2.02. The maximum atomic E-state index is 13.0. The molecule has 0 aliphatic heterocycles. The standard InChI is InChI=1S/C13H10F3NO2S/c14-8-4-7(5-9(15)12(8)16)13(19)17-6-10(18)11-2-1-3-20-11/h1-5,10,18H,6H2,(H,17,19)/t10-/m1/s1. The largest absolute Gasteiger partial charge is 0.386 e. The van der Waals surface area contributed by atoms with Crippen molar-refractivity contribution in [2.24, 2.45) is 0 Å². The zero-order valence-corrected chi connectivity index (χ0v) is 10.9. The Labute approximate surface area is 116 Å². The second-order valence-electron chi connectivity index (χ2n) is 4.00. The minimum absolute atomic E-state index is 0.111. The van der Waals surface area contributed by atoms with Crippen LogP contribution < -0.4 is 5.32 Å². The van der Waals surface area contributed by atoms with E-state index in [2.05, 4.69) is 5.32 Å². The van der Waals surface area contributed by atoms with Crippen LogP contribution in [0.3, 0.4) is 0 Å². The normalized spacial score (nSPS) is 12.2. The Morgan fingerprint density at radius 3 is 2.50 bits per heavy atom. The summed E-state index contributed by atoms with van der Waals surface area (Å²) >= 11 is 1.31. The number of carbonyl (C=O) groups is 1. The molecule has 1 aromatic carbocycles. The van der Waals surface area contributed by atoms with Crippen molar-refractivity contribution in [1.29, 1.82) is 0 Å². The average Bonchev–Trinajstić information content (AvgIpc) is 2.95. The monoisotopic (exact) mass is 301 g/mol. The van der Waals surface area contributed by atoms with Crippen LogP contribution in [0.1, 0.15) is 21.3 Å². The lowest BCUT2D eigenvalue weighted by Gasteiger charge is -2.10. The molecule has 2 rings (SSSR count). The van der Waals surface area contributed by atoms with Crippen LogP contribution >= 0.6 is 11.3 Å². The quantitative estimate of drug-likeness (QED) is 0.853. The first-order valence-electron chi connectivity index (χ1n) is 5.63.